The van der Waals surface area contributed by atoms with Gasteiger partial charge in [0, 0.05) is 24.0 Å². The fraction of sp³-hybridized carbons (Fsp3) is 0.267. The van der Waals surface area contributed by atoms with E-state index in [1.54, 1.807) is 24.5 Å². The van der Waals surface area contributed by atoms with Gasteiger partial charge < -0.3 is 25.5 Å². The number of primary amides is 1. The molecule has 9 heteroatoms. The highest BCUT2D eigenvalue weighted by Gasteiger charge is 2.23. The minimum absolute atomic E-state index is 0.137. The molecule has 4 N–H and O–H groups in total. The molecular weight excluding hydrogens is 496 g/mol. The first-order chi connectivity index (χ1) is 18.7. The van der Waals surface area contributed by atoms with Gasteiger partial charge in [0.15, 0.2) is 11.4 Å². The molecule has 0 atom stereocenters. The predicted molar refractivity (Wildman–Crippen MR) is 150 cm³/mol. The second-order valence-electron chi connectivity index (χ2n) is 9.91. The number of amides is 2. The molecule has 0 saturated heterocycles. The summed E-state index contributed by atoms with van der Waals surface area (Å²) >= 11 is 0. The van der Waals surface area contributed by atoms with E-state index in [-0.39, 0.29) is 23.5 Å². The van der Waals surface area contributed by atoms with Crippen molar-refractivity contribution in [1.82, 2.24) is 14.9 Å². The van der Waals surface area contributed by atoms with Crippen molar-refractivity contribution >= 4 is 22.9 Å². The largest absolute Gasteiger partial charge is 0.505 e. The maximum Gasteiger partial charge on any atom is 0.405 e. The molecule has 4 rings (SSSR count). The summed E-state index contributed by atoms with van der Waals surface area (Å²) in [6, 6.07) is 20.6. The first kappa shape index (κ1) is 27.4. The Morgan fingerprint density at radius 1 is 1.08 bits per heavy atom. The molecule has 0 unspecified atom stereocenters. The summed E-state index contributed by atoms with van der Waals surface area (Å²) in [5, 5.41) is 14.3. The molecule has 2 heterocycles. The van der Waals surface area contributed by atoms with E-state index < -0.39 is 17.6 Å². The van der Waals surface area contributed by atoms with Crippen LogP contribution in [0.2, 0.25) is 0 Å². The molecule has 0 bridgehead atoms. The van der Waals surface area contributed by atoms with E-state index in [0.717, 1.165) is 5.56 Å². The van der Waals surface area contributed by atoms with Crippen LogP contribution in [0.3, 0.4) is 0 Å². The number of nitrogens with zero attached hydrogens (tertiary/aromatic N) is 2. The minimum Gasteiger partial charge on any atom is -0.505 e. The fourth-order valence-electron chi connectivity index (χ4n) is 4.54. The number of ether oxygens (including phenoxy) is 1. The average molecular weight is 529 g/mol. The van der Waals surface area contributed by atoms with Gasteiger partial charge in [-0.15, -0.1) is 0 Å². The van der Waals surface area contributed by atoms with Crippen LogP contribution in [-0.2, 0) is 17.7 Å². The number of rotatable bonds is 10. The smallest absolute Gasteiger partial charge is 0.405 e. The van der Waals surface area contributed by atoms with Crippen molar-refractivity contribution in [2.75, 3.05) is 6.54 Å². The third kappa shape index (κ3) is 6.62. The Morgan fingerprint density at radius 2 is 1.74 bits per heavy atom. The molecule has 0 spiro atoms. The second kappa shape index (κ2) is 11.8. The molecule has 0 saturated carbocycles. The molecule has 0 aliphatic heterocycles. The van der Waals surface area contributed by atoms with Crippen LogP contribution in [0, 0.1) is 0 Å². The quantitative estimate of drug-likeness (QED) is 0.261. The number of aromatic nitrogens is 2. The van der Waals surface area contributed by atoms with E-state index in [4.69, 9.17) is 10.5 Å². The highest BCUT2D eigenvalue weighted by molar-refractivity contribution is 6.01. The molecule has 9 nitrogen and oxygen atoms in total. The van der Waals surface area contributed by atoms with Crippen LogP contribution in [0.25, 0.3) is 22.0 Å². The molecule has 0 aliphatic rings. The van der Waals surface area contributed by atoms with Crippen molar-refractivity contribution in [2.24, 2.45) is 5.73 Å². The lowest BCUT2D eigenvalue weighted by Crippen LogP contribution is -2.33. The molecule has 39 heavy (non-hydrogen) atoms. The van der Waals surface area contributed by atoms with Gasteiger partial charge in [-0.3, -0.25) is 9.59 Å². The van der Waals surface area contributed by atoms with Gasteiger partial charge in [-0.2, -0.15) is 0 Å². The molecular formula is C30H32N4O5. The van der Waals surface area contributed by atoms with Gasteiger partial charge >= 0.3 is 6.09 Å². The van der Waals surface area contributed by atoms with E-state index in [2.05, 4.69) is 10.3 Å². The first-order valence-electron chi connectivity index (χ1n) is 12.8. The maximum absolute atomic E-state index is 13.6. The van der Waals surface area contributed by atoms with Gasteiger partial charge in [0.05, 0.1) is 11.7 Å². The van der Waals surface area contributed by atoms with E-state index in [0.29, 0.717) is 47.8 Å². The van der Waals surface area contributed by atoms with Gasteiger partial charge in [0.25, 0.3) is 11.5 Å². The van der Waals surface area contributed by atoms with Crippen LogP contribution in [0.5, 0.6) is 5.75 Å². The Kier molecular flexibility index (Phi) is 8.29. The fourth-order valence-corrected chi connectivity index (χ4v) is 4.54. The summed E-state index contributed by atoms with van der Waals surface area (Å²) in [6.45, 7) is 4.11. The highest BCUT2D eigenvalue weighted by Crippen LogP contribution is 2.30. The Morgan fingerprint density at radius 3 is 2.41 bits per heavy atom. The minimum atomic E-state index is -0.855. The number of aromatic hydroxyl groups is 1. The standard InChI is InChI=1S/C30H32N4O5/c1-30(2,39-29(31)38)15-9-16-32-27(36)25-26(35)23-18-22(21-12-7-4-8-13-21)28(37)34(24(23)19-33-25)17-14-20-10-5-3-6-11-20/h3-8,10-13,18-19,35H,9,14-17H2,1-2H3,(H2,31,38)(H,32,36). The summed E-state index contributed by atoms with van der Waals surface area (Å²) in [7, 11) is 0. The summed E-state index contributed by atoms with van der Waals surface area (Å²) in [5.74, 6) is -0.848. The van der Waals surface area contributed by atoms with Crippen LogP contribution >= 0.6 is 0 Å². The number of carbonyl (C=O) groups excluding carboxylic acids is 2. The summed E-state index contributed by atoms with van der Waals surface area (Å²) in [4.78, 5) is 41.8. The molecule has 2 aromatic heterocycles. The summed E-state index contributed by atoms with van der Waals surface area (Å²) in [5.41, 5.74) is 6.62. The number of hydrogen-bond donors (Lipinski definition) is 3. The number of nitrogens with one attached hydrogen (secondary N) is 1. The lowest BCUT2D eigenvalue weighted by atomic mass is 10.0. The first-order valence-corrected chi connectivity index (χ1v) is 12.8. The van der Waals surface area contributed by atoms with Crippen molar-refractivity contribution in [3.8, 4) is 16.9 Å². The Balaban J connectivity index is 1.64. The van der Waals surface area contributed by atoms with Crippen molar-refractivity contribution in [3.05, 3.63) is 94.5 Å². The zero-order chi connectivity index (χ0) is 28.0. The van der Waals surface area contributed by atoms with Crippen LogP contribution < -0.4 is 16.6 Å². The van der Waals surface area contributed by atoms with Gasteiger partial charge in [-0.05, 0) is 50.3 Å². The third-order valence-electron chi connectivity index (χ3n) is 6.51. The van der Waals surface area contributed by atoms with Gasteiger partial charge in [0.2, 0.25) is 0 Å². The number of pyridine rings is 2. The van der Waals surface area contributed by atoms with Crippen LogP contribution in [-0.4, -0.2) is 38.8 Å². The SMILES string of the molecule is CC(C)(CCCNC(=O)c1ncc2c(cc(-c3ccccc3)c(=O)n2CCc2ccccc2)c1O)OC(N)=O. The molecule has 0 aliphatic carbocycles. The Bertz CT molecular complexity index is 1530. The molecule has 0 radical (unpaired) electrons. The Labute approximate surface area is 226 Å². The number of fused-ring (bicyclic) bond motifs is 1. The number of aryl methyl sites for hydroxylation is 2. The summed E-state index contributed by atoms with van der Waals surface area (Å²) in [6.07, 6.45) is 2.19. The average Bonchev–Trinajstić information content (AvgIpc) is 2.91. The van der Waals surface area contributed by atoms with Crippen molar-refractivity contribution in [2.45, 2.75) is 45.3 Å². The molecule has 2 amide bonds. The Hall–Kier alpha value is -4.66. The van der Waals surface area contributed by atoms with E-state index >= 15 is 0 Å². The van der Waals surface area contributed by atoms with E-state index in [1.807, 2.05) is 60.7 Å². The zero-order valence-corrected chi connectivity index (χ0v) is 22.0. The van der Waals surface area contributed by atoms with Crippen LogP contribution in [0.15, 0.2) is 77.7 Å². The maximum atomic E-state index is 13.6. The highest BCUT2D eigenvalue weighted by atomic mass is 16.6. The lowest BCUT2D eigenvalue weighted by molar-refractivity contribution is 0.0375. The molecule has 202 valence electrons. The number of carbonyl (C=O) groups is 2. The van der Waals surface area contributed by atoms with Crippen molar-refractivity contribution in [3.63, 3.8) is 0 Å². The number of nitrogens with two attached hydrogens (primary N) is 1. The normalized spacial score (nSPS) is 11.3. The lowest BCUT2D eigenvalue weighted by Gasteiger charge is -2.23. The monoisotopic (exact) mass is 528 g/mol. The number of benzene rings is 2. The van der Waals surface area contributed by atoms with Crippen molar-refractivity contribution < 1.29 is 19.4 Å². The third-order valence-corrected chi connectivity index (χ3v) is 6.51. The molecule has 2 aromatic carbocycles. The molecule has 4 aromatic rings. The van der Waals surface area contributed by atoms with Gasteiger partial charge in [-0.1, -0.05) is 60.7 Å². The van der Waals surface area contributed by atoms with Gasteiger partial charge in [0.1, 0.15) is 5.60 Å². The van der Waals surface area contributed by atoms with Crippen molar-refractivity contribution in [1.29, 1.82) is 0 Å². The topological polar surface area (TPSA) is 137 Å². The summed E-state index contributed by atoms with van der Waals surface area (Å²) < 4.78 is 6.66. The molecule has 0 fully saturated rings. The predicted octanol–water partition coefficient (Wildman–Crippen LogP) is 4.40. The van der Waals surface area contributed by atoms with Crippen LogP contribution in [0.1, 0.15) is 42.7 Å². The zero-order valence-electron chi connectivity index (χ0n) is 22.0. The van der Waals surface area contributed by atoms with Gasteiger partial charge in [-0.25, -0.2) is 9.78 Å². The second-order valence-corrected chi connectivity index (χ2v) is 9.91. The number of hydrogen-bond acceptors (Lipinski definition) is 6. The van der Waals surface area contributed by atoms with Crippen LogP contribution in [0.4, 0.5) is 4.79 Å². The van der Waals surface area contributed by atoms with E-state index in [1.165, 1.54) is 6.20 Å². The van der Waals surface area contributed by atoms with E-state index in [9.17, 15) is 19.5 Å².